The third kappa shape index (κ3) is 7.41. The number of hydrogen-bond donors (Lipinski definition) is 2. The van der Waals surface area contributed by atoms with Crippen LogP contribution in [-0.4, -0.2) is 35.9 Å². The van der Waals surface area contributed by atoms with Crippen molar-refractivity contribution in [3.05, 3.63) is 108 Å². The van der Waals surface area contributed by atoms with Gasteiger partial charge in [-0.3, -0.25) is 13.8 Å². The standard InChI is InChI=1S/C29H28FN3O6S2/c1-3-39-26-14-18-28(19-15-26)41(37,38)33(25-12-4-21(2)5-13-25)20-29(34)31-23-10-16-27(17-11-23)40(35,36)32-24-8-6-22(30)7-9-24/h4-19,32H,3,20H2,1-2H3,(H,31,34). The summed E-state index contributed by atoms with van der Waals surface area (Å²) in [6.07, 6.45) is 0. The number of carbonyl (C=O) groups excluding carboxylic acids is 1. The van der Waals surface area contributed by atoms with Gasteiger partial charge in [-0.05, 0) is 98.8 Å². The number of benzene rings is 4. The number of anilines is 3. The molecular formula is C29H28FN3O6S2. The van der Waals surface area contributed by atoms with Gasteiger partial charge in [-0.2, -0.15) is 0 Å². The van der Waals surface area contributed by atoms with Crippen molar-refractivity contribution in [3.8, 4) is 5.75 Å². The van der Waals surface area contributed by atoms with E-state index in [9.17, 15) is 26.0 Å². The first-order valence-corrected chi connectivity index (χ1v) is 15.4. The molecule has 2 N–H and O–H groups in total. The summed E-state index contributed by atoms with van der Waals surface area (Å²) in [4.78, 5) is 12.9. The van der Waals surface area contributed by atoms with Gasteiger partial charge in [0.15, 0.2) is 0 Å². The number of sulfonamides is 2. The first kappa shape index (κ1) is 29.6. The van der Waals surface area contributed by atoms with Crippen molar-refractivity contribution < 1.29 is 30.8 Å². The minimum absolute atomic E-state index is 0.0162. The summed E-state index contributed by atoms with van der Waals surface area (Å²) in [6, 6.07) is 22.8. The molecule has 9 nitrogen and oxygen atoms in total. The van der Waals surface area contributed by atoms with Crippen molar-refractivity contribution in [1.82, 2.24) is 0 Å². The highest BCUT2D eigenvalue weighted by atomic mass is 32.2. The number of halogens is 1. The maximum atomic E-state index is 13.6. The highest BCUT2D eigenvalue weighted by molar-refractivity contribution is 7.93. The number of carbonyl (C=O) groups is 1. The minimum Gasteiger partial charge on any atom is -0.494 e. The maximum Gasteiger partial charge on any atom is 0.264 e. The van der Waals surface area contributed by atoms with Gasteiger partial charge in [0, 0.05) is 11.4 Å². The number of nitrogens with zero attached hydrogens (tertiary/aromatic N) is 1. The predicted octanol–water partition coefficient (Wildman–Crippen LogP) is 5.17. The fourth-order valence-electron chi connectivity index (χ4n) is 3.81. The van der Waals surface area contributed by atoms with Crippen LogP contribution in [0.3, 0.4) is 0 Å². The minimum atomic E-state index is -4.14. The second-order valence-corrected chi connectivity index (χ2v) is 12.5. The van der Waals surface area contributed by atoms with E-state index in [-0.39, 0.29) is 21.2 Å². The molecule has 4 aromatic carbocycles. The summed E-state index contributed by atoms with van der Waals surface area (Å²) in [7, 11) is -8.11. The lowest BCUT2D eigenvalue weighted by Gasteiger charge is -2.24. The lowest BCUT2D eigenvalue weighted by molar-refractivity contribution is -0.114. The second kappa shape index (κ2) is 12.4. The molecule has 0 bridgehead atoms. The average molecular weight is 598 g/mol. The molecule has 4 rings (SSSR count). The fourth-order valence-corrected chi connectivity index (χ4v) is 6.29. The van der Waals surface area contributed by atoms with Crippen LogP contribution >= 0.6 is 0 Å². The molecule has 12 heteroatoms. The van der Waals surface area contributed by atoms with E-state index in [0.717, 1.165) is 22.0 Å². The zero-order valence-corrected chi connectivity index (χ0v) is 23.9. The monoisotopic (exact) mass is 597 g/mol. The van der Waals surface area contributed by atoms with Crippen molar-refractivity contribution in [2.24, 2.45) is 0 Å². The molecule has 0 unspecified atom stereocenters. The van der Waals surface area contributed by atoms with Crippen LogP contribution in [0.25, 0.3) is 0 Å². The third-order valence-corrected chi connectivity index (χ3v) is 9.06. The molecule has 0 heterocycles. The molecule has 0 fully saturated rings. The Kier molecular flexibility index (Phi) is 8.94. The molecule has 0 saturated heterocycles. The molecule has 0 aliphatic rings. The van der Waals surface area contributed by atoms with Gasteiger partial charge in [-0.25, -0.2) is 21.2 Å². The van der Waals surface area contributed by atoms with Gasteiger partial charge in [-0.15, -0.1) is 0 Å². The normalized spacial score (nSPS) is 11.5. The Morgan fingerprint density at radius 3 is 1.93 bits per heavy atom. The molecule has 0 saturated carbocycles. The zero-order chi connectivity index (χ0) is 29.6. The highest BCUT2D eigenvalue weighted by Gasteiger charge is 2.27. The lowest BCUT2D eigenvalue weighted by Crippen LogP contribution is -2.38. The highest BCUT2D eigenvalue weighted by Crippen LogP contribution is 2.26. The third-order valence-electron chi connectivity index (χ3n) is 5.88. The first-order valence-electron chi connectivity index (χ1n) is 12.5. The van der Waals surface area contributed by atoms with Crippen LogP contribution in [-0.2, 0) is 24.8 Å². The molecule has 0 radical (unpaired) electrons. The van der Waals surface area contributed by atoms with Crippen LogP contribution in [0.4, 0.5) is 21.5 Å². The van der Waals surface area contributed by atoms with Gasteiger partial charge >= 0.3 is 0 Å². The van der Waals surface area contributed by atoms with Crippen molar-refractivity contribution >= 4 is 43.0 Å². The van der Waals surface area contributed by atoms with Crippen molar-refractivity contribution in [2.75, 3.05) is 27.5 Å². The Bertz CT molecular complexity index is 1710. The van der Waals surface area contributed by atoms with Crippen LogP contribution < -0.4 is 19.1 Å². The molecule has 0 atom stereocenters. The zero-order valence-electron chi connectivity index (χ0n) is 22.2. The summed E-state index contributed by atoms with van der Waals surface area (Å²) in [5, 5.41) is 2.62. The second-order valence-electron chi connectivity index (χ2n) is 8.94. The molecular weight excluding hydrogens is 569 g/mol. The first-order chi connectivity index (χ1) is 19.5. The van der Waals surface area contributed by atoms with Gasteiger partial charge in [0.05, 0.1) is 22.1 Å². The Morgan fingerprint density at radius 2 is 1.34 bits per heavy atom. The van der Waals surface area contributed by atoms with Gasteiger partial charge in [0.2, 0.25) is 5.91 Å². The molecule has 4 aromatic rings. The number of amides is 1. The average Bonchev–Trinajstić information content (AvgIpc) is 2.94. The van der Waals surface area contributed by atoms with Crippen molar-refractivity contribution in [1.29, 1.82) is 0 Å². The molecule has 0 spiro atoms. The molecule has 0 aliphatic heterocycles. The number of rotatable bonds is 11. The molecule has 0 aromatic heterocycles. The maximum absolute atomic E-state index is 13.6. The lowest BCUT2D eigenvalue weighted by atomic mass is 10.2. The largest absolute Gasteiger partial charge is 0.494 e. The molecule has 0 aliphatic carbocycles. The van der Waals surface area contributed by atoms with E-state index in [1.165, 1.54) is 48.5 Å². The van der Waals surface area contributed by atoms with Gasteiger partial charge < -0.3 is 10.1 Å². The van der Waals surface area contributed by atoms with E-state index in [2.05, 4.69) is 10.0 Å². The Balaban J connectivity index is 1.52. The van der Waals surface area contributed by atoms with Crippen molar-refractivity contribution in [2.45, 2.75) is 23.6 Å². The predicted molar refractivity (Wildman–Crippen MR) is 156 cm³/mol. The van der Waals surface area contributed by atoms with Gasteiger partial charge in [0.25, 0.3) is 20.0 Å². The van der Waals surface area contributed by atoms with Crippen LogP contribution in [0.5, 0.6) is 5.75 Å². The summed E-state index contributed by atoms with van der Waals surface area (Å²) >= 11 is 0. The smallest absolute Gasteiger partial charge is 0.264 e. The quantitative estimate of drug-likeness (QED) is 0.246. The van der Waals surface area contributed by atoms with E-state index in [1.54, 1.807) is 36.4 Å². The number of ether oxygens (including phenoxy) is 1. The van der Waals surface area contributed by atoms with Crippen LogP contribution in [0.1, 0.15) is 12.5 Å². The van der Waals surface area contributed by atoms with E-state index >= 15 is 0 Å². The van der Waals surface area contributed by atoms with E-state index in [1.807, 2.05) is 13.8 Å². The number of hydrogen-bond acceptors (Lipinski definition) is 6. The Hall–Kier alpha value is -4.42. The fraction of sp³-hybridized carbons (Fsp3) is 0.138. The van der Waals surface area contributed by atoms with Crippen LogP contribution in [0.15, 0.2) is 107 Å². The number of aryl methyl sites for hydroxylation is 1. The number of nitrogens with one attached hydrogen (secondary N) is 2. The summed E-state index contributed by atoms with van der Waals surface area (Å²) in [6.45, 7) is 3.57. The Labute approximate surface area is 238 Å². The summed E-state index contributed by atoms with van der Waals surface area (Å²) < 4.78 is 74.4. The van der Waals surface area contributed by atoms with Crippen LogP contribution in [0, 0.1) is 12.7 Å². The van der Waals surface area contributed by atoms with Gasteiger partial charge in [0.1, 0.15) is 18.1 Å². The summed E-state index contributed by atoms with van der Waals surface area (Å²) in [5.74, 6) is -0.620. The van der Waals surface area contributed by atoms with E-state index in [0.29, 0.717) is 18.0 Å². The van der Waals surface area contributed by atoms with Gasteiger partial charge in [-0.1, -0.05) is 17.7 Å². The van der Waals surface area contributed by atoms with Crippen molar-refractivity contribution in [3.63, 3.8) is 0 Å². The van der Waals surface area contributed by atoms with Crippen LogP contribution in [0.2, 0.25) is 0 Å². The SMILES string of the molecule is CCOc1ccc(S(=O)(=O)N(CC(=O)Nc2ccc(S(=O)(=O)Nc3ccc(F)cc3)cc2)c2ccc(C)cc2)cc1. The molecule has 41 heavy (non-hydrogen) atoms. The Morgan fingerprint density at radius 1 is 0.780 bits per heavy atom. The van der Waals surface area contributed by atoms with E-state index < -0.39 is 38.3 Å². The molecule has 1 amide bonds. The molecule has 214 valence electrons. The summed E-state index contributed by atoms with van der Waals surface area (Å²) in [5.41, 5.74) is 1.67. The topological polar surface area (TPSA) is 122 Å². The van der Waals surface area contributed by atoms with E-state index in [4.69, 9.17) is 4.74 Å².